The fourth-order valence-corrected chi connectivity index (χ4v) is 3.82. The van der Waals surface area contributed by atoms with Crippen molar-refractivity contribution in [3.8, 4) is 11.4 Å². The molecule has 1 atom stereocenters. The number of hydrogen-bond donors (Lipinski definition) is 1. The number of benzene rings is 1. The van der Waals surface area contributed by atoms with Gasteiger partial charge in [0.05, 0.1) is 11.5 Å². The summed E-state index contributed by atoms with van der Waals surface area (Å²) in [6, 6.07) is 11.2. The van der Waals surface area contributed by atoms with Gasteiger partial charge in [0, 0.05) is 29.5 Å². The highest BCUT2D eigenvalue weighted by atomic mass is 35.5. The van der Waals surface area contributed by atoms with E-state index in [2.05, 4.69) is 20.2 Å². The van der Waals surface area contributed by atoms with Crippen LogP contribution in [0.15, 0.2) is 48.8 Å². The van der Waals surface area contributed by atoms with Crippen LogP contribution in [0, 0.1) is 0 Å². The molecule has 1 saturated heterocycles. The van der Waals surface area contributed by atoms with E-state index in [1.807, 2.05) is 55.1 Å². The minimum absolute atomic E-state index is 0.0802. The first-order chi connectivity index (χ1) is 13.5. The lowest BCUT2D eigenvalue weighted by Gasteiger charge is -2.32. The topological polar surface area (TPSA) is 74.8 Å². The number of nitrogens with one attached hydrogen (secondary N) is 1. The third kappa shape index (κ3) is 3.40. The number of pyridine rings is 1. The number of H-pyrrole nitrogens is 1. The van der Waals surface area contributed by atoms with Crippen molar-refractivity contribution >= 4 is 17.5 Å². The van der Waals surface area contributed by atoms with Gasteiger partial charge in [0.15, 0.2) is 5.82 Å². The Bertz CT molecular complexity index is 968. The van der Waals surface area contributed by atoms with Crippen LogP contribution in [0.1, 0.15) is 44.1 Å². The number of likely N-dealkylation sites (tertiary alicyclic amines) is 1. The summed E-state index contributed by atoms with van der Waals surface area (Å²) >= 11 is 6.01. The molecule has 1 fully saturated rings. The molecule has 0 saturated carbocycles. The van der Waals surface area contributed by atoms with Crippen molar-refractivity contribution in [2.24, 2.45) is 0 Å². The molecule has 3 heterocycles. The van der Waals surface area contributed by atoms with E-state index < -0.39 is 5.41 Å². The van der Waals surface area contributed by atoms with E-state index >= 15 is 0 Å². The lowest BCUT2D eigenvalue weighted by Crippen LogP contribution is -2.43. The number of rotatable bonds is 4. The first kappa shape index (κ1) is 18.6. The SMILES string of the molecule is CC(C)(C(=O)N1CCC[C@@H]1c1nc(-c2cccnc2)n[nH]1)c1ccc(Cl)cc1. The van der Waals surface area contributed by atoms with E-state index in [0.717, 1.165) is 29.8 Å². The van der Waals surface area contributed by atoms with Crippen LogP contribution in [0.25, 0.3) is 11.4 Å². The number of carbonyl (C=O) groups is 1. The number of nitrogens with zero attached hydrogens (tertiary/aromatic N) is 4. The molecule has 7 heteroatoms. The van der Waals surface area contributed by atoms with Gasteiger partial charge in [0.1, 0.15) is 5.82 Å². The van der Waals surface area contributed by atoms with E-state index in [-0.39, 0.29) is 11.9 Å². The van der Waals surface area contributed by atoms with Gasteiger partial charge in [-0.15, -0.1) is 0 Å². The minimum Gasteiger partial charge on any atom is -0.332 e. The third-order valence-electron chi connectivity index (χ3n) is 5.35. The average molecular weight is 396 g/mol. The van der Waals surface area contributed by atoms with Crippen LogP contribution in [0.4, 0.5) is 0 Å². The predicted molar refractivity (Wildman–Crippen MR) is 108 cm³/mol. The number of carbonyl (C=O) groups excluding carboxylic acids is 1. The normalized spacial score (nSPS) is 17.1. The Kier molecular flexibility index (Phi) is 4.89. The molecule has 6 nitrogen and oxygen atoms in total. The van der Waals surface area contributed by atoms with Crippen LogP contribution in [-0.4, -0.2) is 37.5 Å². The molecule has 0 radical (unpaired) electrons. The van der Waals surface area contributed by atoms with Crippen LogP contribution < -0.4 is 0 Å². The van der Waals surface area contributed by atoms with Crippen LogP contribution in [0.5, 0.6) is 0 Å². The highest BCUT2D eigenvalue weighted by molar-refractivity contribution is 6.30. The molecule has 2 aromatic heterocycles. The third-order valence-corrected chi connectivity index (χ3v) is 5.60. The molecule has 0 spiro atoms. The van der Waals surface area contributed by atoms with Crippen LogP contribution in [-0.2, 0) is 10.2 Å². The summed E-state index contributed by atoms with van der Waals surface area (Å²) in [6.07, 6.45) is 5.25. The van der Waals surface area contributed by atoms with Crippen molar-refractivity contribution in [3.05, 3.63) is 65.2 Å². The van der Waals surface area contributed by atoms with Gasteiger partial charge in [-0.05, 0) is 56.5 Å². The average Bonchev–Trinajstić information content (AvgIpc) is 3.38. The molecule has 4 rings (SSSR count). The Balaban J connectivity index is 1.59. The molecule has 0 bridgehead atoms. The van der Waals surface area contributed by atoms with Gasteiger partial charge < -0.3 is 4.90 Å². The monoisotopic (exact) mass is 395 g/mol. The highest BCUT2D eigenvalue weighted by Gasteiger charge is 2.40. The molecule has 28 heavy (non-hydrogen) atoms. The van der Waals surface area contributed by atoms with E-state index in [1.165, 1.54) is 0 Å². The predicted octanol–water partition coefficient (Wildman–Crippen LogP) is 4.16. The molecule has 1 amide bonds. The molecule has 144 valence electrons. The van der Waals surface area contributed by atoms with Crippen molar-refractivity contribution in [1.29, 1.82) is 0 Å². The molecule has 1 aromatic carbocycles. The summed E-state index contributed by atoms with van der Waals surface area (Å²) in [5, 5.41) is 8.02. The van der Waals surface area contributed by atoms with E-state index in [0.29, 0.717) is 17.4 Å². The van der Waals surface area contributed by atoms with Gasteiger partial charge in [-0.2, -0.15) is 5.10 Å². The summed E-state index contributed by atoms with van der Waals surface area (Å²) in [5.41, 5.74) is 1.14. The molecule has 1 aliphatic rings. The largest absolute Gasteiger partial charge is 0.332 e. The van der Waals surface area contributed by atoms with Gasteiger partial charge >= 0.3 is 0 Å². The summed E-state index contributed by atoms with van der Waals surface area (Å²) in [7, 11) is 0. The van der Waals surface area contributed by atoms with Crippen molar-refractivity contribution in [3.63, 3.8) is 0 Å². The maximum atomic E-state index is 13.4. The Labute approximate surface area is 169 Å². The second-order valence-electron chi connectivity index (χ2n) is 7.57. The number of halogens is 1. The van der Waals surface area contributed by atoms with Gasteiger partial charge in [0.25, 0.3) is 0 Å². The summed E-state index contributed by atoms with van der Waals surface area (Å²) in [5.74, 6) is 1.40. The molecule has 3 aromatic rings. The Hall–Kier alpha value is -2.73. The number of hydrogen-bond acceptors (Lipinski definition) is 4. The molecule has 0 aliphatic carbocycles. The Morgan fingerprint density at radius 3 is 2.75 bits per heavy atom. The first-order valence-corrected chi connectivity index (χ1v) is 9.74. The molecule has 1 aliphatic heterocycles. The molecule has 0 unspecified atom stereocenters. The zero-order valence-corrected chi connectivity index (χ0v) is 16.6. The number of aromatic amines is 1. The smallest absolute Gasteiger partial charge is 0.233 e. The van der Waals surface area contributed by atoms with Crippen molar-refractivity contribution in [1.82, 2.24) is 25.1 Å². The summed E-state index contributed by atoms with van der Waals surface area (Å²) in [6.45, 7) is 4.62. The van der Waals surface area contributed by atoms with Gasteiger partial charge in [-0.3, -0.25) is 14.9 Å². The minimum atomic E-state index is -0.653. The Morgan fingerprint density at radius 1 is 1.25 bits per heavy atom. The maximum absolute atomic E-state index is 13.4. The summed E-state index contributed by atoms with van der Waals surface area (Å²) in [4.78, 5) is 24.1. The Morgan fingerprint density at radius 2 is 2.04 bits per heavy atom. The molecular formula is C21H22ClN5O. The second-order valence-corrected chi connectivity index (χ2v) is 8.01. The van der Waals surface area contributed by atoms with Gasteiger partial charge in [-0.1, -0.05) is 23.7 Å². The van der Waals surface area contributed by atoms with Crippen molar-refractivity contribution < 1.29 is 4.79 Å². The van der Waals surface area contributed by atoms with Crippen molar-refractivity contribution in [2.45, 2.75) is 38.1 Å². The lowest BCUT2D eigenvalue weighted by molar-refractivity contribution is -0.137. The van der Waals surface area contributed by atoms with Crippen LogP contribution >= 0.6 is 11.6 Å². The summed E-state index contributed by atoms with van der Waals surface area (Å²) < 4.78 is 0. The van der Waals surface area contributed by atoms with Crippen molar-refractivity contribution in [2.75, 3.05) is 6.54 Å². The maximum Gasteiger partial charge on any atom is 0.233 e. The van der Waals surface area contributed by atoms with E-state index in [9.17, 15) is 4.79 Å². The lowest BCUT2D eigenvalue weighted by atomic mass is 9.83. The van der Waals surface area contributed by atoms with Gasteiger partial charge in [-0.25, -0.2) is 4.98 Å². The zero-order valence-electron chi connectivity index (χ0n) is 15.9. The zero-order chi connectivity index (χ0) is 19.7. The fourth-order valence-electron chi connectivity index (χ4n) is 3.69. The quantitative estimate of drug-likeness (QED) is 0.719. The first-order valence-electron chi connectivity index (χ1n) is 9.36. The highest BCUT2D eigenvalue weighted by Crippen LogP contribution is 2.36. The van der Waals surface area contributed by atoms with Crippen LogP contribution in [0.3, 0.4) is 0 Å². The fraction of sp³-hybridized carbons (Fsp3) is 0.333. The van der Waals surface area contributed by atoms with Gasteiger partial charge in [0.2, 0.25) is 5.91 Å². The van der Waals surface area contributed by atoms with E-state index in [1.54, 1.807) is 12.4 Å². The number of amides is 1. The van der Waals surface area contributed by atoms with E-state index in [4.69, 9.17) is 11.6 Å². The second kappa shape index (κ2) is 7.36. The standard InChI is InChI=1S/C21H22ClN5O/c1-21(2,15-7-9-16(22)10-8-15)20(28)27-12-4-6-17(27)19-24-18(25-26-19)14-5-3-11-23-13-14/h3,5,7-11,13,17H,4,6,12H2,1-2H3,(H,24,25,26)/t17-/m1/s1. The van der Waals surface area contributed by atoms with Crippen LogP contribution in [0.2, 0.25) is 5.02 Å². The molecule has 1 N–H and O–H groups in total. The number of aromatic nitrogens is 4. The molecular weight excluding hydrogens is 374 g/mol.